The molecule has 4 aromatic carbocycles. The zero-order valence-electron chi connectivity index (χ0n) is 27.0. The molecule has 0 aliphatic heterocycles. The van der Waals surface area contributed by atoms with Crippen LogP contribution in [0.4, 0.5) is 11.4 Å². The van der Waals surface area contributed by atoms with E-state index in [1.54, 1.807) is 14.2 Å². The van der Waals surface area contributed by atoms with Crippen molar-refractivity contribution in [2.45, 2.75) is 38.5 Å². The molecule has 2 aromatic heterocycles. The van der Waals surface area contributed by atoms with E-state index in [4.69, 9.17) is 42.6 Å². The van der Waals surface area contributed by atoms with Crippen LogP contribution in [0.1, 0.15) is 38.5 Å². The van der Waals surface area contributed by atoms with E-state index in [0.717, 1.165) is 131 Å². The Hall–Kier alpha value is -4.04. The number of pyridine rings is 2. The Bertz CT molecular complexity index is 1860. The van der Waals surface area contributed by atoms with Gasteiger partial charge in [0, 0.05) is 44.7 Å². The Morgan fingerprint density at radius 3 is 1.38 bits per heavy atom. The summed E-state index contributed by atoms with van der Waals surface area (Å²) >= 11 is 12.5. The molecule has 47 heavy (non-hydrogen) atoms. The smallest absolute Gasteiger partial charge is 0.119 e. The normalized spacial score (nSPS) is 11.5. The summed E-state index contributed by atoms with van der Waals surface area (Å²) in [5.41, 5.74) is 5.80. The van der Waals surface area contributed by atoms with Crippen molar-refractivity contribution in [1.82, 2.24) is 15.3 Å². The van der Waals surface area contributed by atoms with Crippen molar-refractivity contribution in [2.24, 2.45) is 0 Å². The Morgan fingerprint density at radius 1 is 0.489 bits per heavy atom. The van der Waals surface area contributed by atoms with Crippen LogP contribution in [-0.2, 0) is 0 Å². The van der Waals surface area contributed by atoms with Gasteiger partial charge >= 0.3 is 0 Å². The van der Waals surface area contributed by atoms with Crippen molar-refractivity contribution in [3.05, 3.63) is 82.8 Å². The van der Waals surface area contributed by atoms with Crippen molar-refractivity contribution >= 4 is 78.2 Å². The Balaban J connectivity index is 0.913. The number of unbranched alkanes of at least 4 members (excludes halogenated alkanes) is 4. The quantitative estimate of drug-likeness (QED) is 0.0699. The van der Waals surface area contributed by atoms with E-state index >= 15 is 0 Å². The molecule has 0 saturated carbocycles. The number of fused-ring (bicyclic) bond motifs is 4. The summed E-state index contributed by atoms with van der Waals surface area (Å²) in [7, 11) is 3.38. The summed E-state index contributed by atoms with van der Waals surface area (Å²) in [5.74, 6) is 1.64. The first-order valence-corrected chi connectivity index (χ1v) is 17.1. The van der Waals surface area contributed by atoms with E-state index in [1.807, 2.05) is 60.7 Å². The molecule has 0 saturated heterocycles. The average molecular weight is 671 g/mol. The summed E-state index contributed by atoms with van der Waals surface area (Å²) in [5, 5.41) is 16.6. The lowest BCUT2D eigenvalue weighted by molar-refractivity contribution is 0.415. The molecular formula is C38H41Cl2N5O2. The van der Waals surface area contributed by atoms with Gasteiger partial charge in [-0.2, -0.15) is 0 Å². The van der Waals surface area contributed by atoms with Crippen molar-refractivity contribution in [3.8, 4) is 11.5 Å². The lowest BCUT2D eigenvalue weighted by Crippen LogP contribution is -2.17. The molecular weight excluding hydrogens is 629 g/mol. The predicted octanol–water partition coefficient (Wildman–Crippen LogP) is 9.87. The van der Waals surface area contributed by atoms with Gasteiger partial charge in [0.1, 0.15) is 11.5 Å². The molecule has 0 fully saturated rings. The van der Waals surface area contributed by atoms with E-state index in [2.05, 4.69) is 28.1 Å². The van der Waals surface area contributed by atoms with Crippen LogP contribution in [0.25, 0.3) is 43.6 Å². The highest BCUT2D eigenvalue weighted by Gasteiger charge is 2.12. The standard InChI is InChI=1S/C38H41Cl2N5O2/c1-46-27-11-15-33-31(23-27)37(29-13-9-25(39)21-35(29)44-33)42-19-7-3-5-17-41-18-6-4-8-20-43-38-30-14-10-26(40)22-36(30)45-34-16-12-28(47-2)24-32(34)38/h9-16,21-24,41H,3-8,17-20H2,1-2H3,(H,42,44)(H,43,45). The molecule has 0 bridgehead atoms. The van der Waals surface area contributed by atoms with Crippen LogP contribution in [0, 0.1) is 0 Å². The van der Waals surface area contributed by atoms with E-state index in [0.29, 0.717) is 10.0 Å². The highest BCUT2D eigenvalue weighted by atomic mass is 35.5. The molecule has 0 amide bonds. The van der Waals surface area contributed by atoms with Crippen LogP contribution in [-0.4, -0.2) is 50.4 Å². The minimum absolute atomic E-state index is 0.688. The van der Waals surface area contributed by atoms with Gasteiger partial charge in [-0.05, 0) is 112 Å². The molecule has 244 valence electrons. The van der Waals surface area contributed by atoms with Crippen LogP contribution in [0.5, 0.6) is 11.5 Å². The van der Waals surface area contributed by atoms with E-state index in [9.17, 15) is 0 Å². The number of ether oxygens (including phenoxy) is 2. The summed E-state index contributed by atoms with van der Waals surface area (Å²) in [6.45, 7) is 3.86. The number of rotatable bonds is 16. The number of methoxy groups -OCH3 is 2. The van der Waals surface area contributed by atoms with Gasteiger partial charge in [0.25, 0.3) is 0 Å². The van der Waals surface area contributed by atoms with Crippen molar-refractivity contribution in [2.75, 3.05) is 51.0 Å². The topological polar surface area (TPSA) is 80.3 Å². The first kappa shape index (κ1) is 32.9. The molecule has 6 rings (SSSR count). The van der Waals surface area contributed by atoms with Crippen molar-refractivity contribution in [1.29, 1.82) is 0 Å². The van der Waals surface area contributed by atoms with Crippen LogP contribution in [0.2, 0.25) is 10.0 Å². The first-order chi connectivity index (χ1) is 23.0. The second-order valence-electron chi connectivity index (χ2n) is 11.8. The molecule has 7 nitrogen and oxygen atoms in total. The molecule has 3 N–H and O–H groups in total. The average Bonchev–Trinajstić information content (AvgIpc) is 3.08. The van der Waals surface area contributed by atoms with Crippen LogP contribution >= 0.6 is 23.2 Å². The largest absolute Gasteiger partial charge is 0.497 e. The van der Waals surface area contributed by atoms with Crippen molar-refractivity contribution in [3.63, 3.8) is 0 Å². The Kier molecular flexibility index (Phi) is 11.0. The van der Waals surface area contributed by atoms with Gasteiger partial charge in [-0.15, -0.1) is 0 Å². The van der Waals surface area contributed by atoms with Crippen molar-refractivity contribution < 1.29 is 9.47 Å². The number of nitrogens with zero attached hydrogens (tertiary/aromatic N) is 2. The molecule has 9 heteroatoms. The number of anilines is 2. The molecule has 6 aromatic rings. The van der Waals surface area contributed by atoms with Crippen LogP contribution in [0.15, 0.2) is 72.8 Å². The fourth-order valence-corrected chi connectivity index (χ4v) is 6.42. The summed E-state index contributed by atoms with van der Waals surface area (Å²) in [6, 6.07) is 23.8. The monoisotopic (exact) mass is 669 g/mol. The van der Waals surface area contributed by atoms with Gasteiger partial charge in [0.15, 0.2) is 0 Å². The zero-order chi connectivity index (χ0) is 32.6. The van der Waals surface area contributed by atoms with Gasteiger partial charge in [-0.3, -0.25) is 0 Å². The fraction of sp³-hybridized carbons (Fsp3) is 0.316. The minimum Gasteiger partial charge on any atom is -0.497 e. The maximum atomic E-state index is 6.27. The molecule has 0 unspecified atom stereocenters. The Morgan fingerprint density at radius 2 is 0.936 bits per heavy atom. The SMILES string of the molecule is COc1ccc2nc3cc(Cl)ccc3c(NCCCCCNCCCCCNc3c4ccc(Cl)cc4nc4ccc(OC)cc34)c2c1. The third kappa shape index (κ3) is 7.92. The van der Waals surface area contributed by atoms with E-state index < -0.39 is 0 Å². The second kappa shape index (κ2) is 15.7. The third-order valence-corrected chi connectivity index (χ3v) is 9.02. The zero-order valence-corrected chi connectivity index (χ0v) is 28.5. The number of halogens is 2. The van der Waals surface area contributed by atoms with E-state index in [-0.39, 0.29) is 0 Å². The third-order valence-electron chi connectivity index (χ3n) is 8.55. The Labute approximate surface area is 286 Å². The van der Waals surface area contributed by atoms with E-state index in [1.165, 1.54) is 0 Å². The summed E-state index contributed by atoms with van der Waals surface area (Å²) < 4.78 is 11.0. The predicted molar refractivity (Wildman–Crippen MR) is 199 cm³/mol. The van der Waals surface area contributed by atoms with Gasteiger partial charge < -0.3 is 25.4 Å². The first-order valence-electron chi connectivity index (χ1n) is 16.4. The highest BCUT2D eigenvalue weighted by Crippen LogP contribution is 2.35. The van der Waals surface area contributed by atoms with Crippen LogP contribution < -0.4 is 25.4 Å². The molecule has 0 radical (unpaired) electrons. The summed E-state index contributed by atoms with van der Waals surface area (Å²) in [4.78, 5) is 9.65. The maximum Gasteiger partial charge on any atom is 0.119 e. The minimum atomic E-state index is 0.688. The molecule has 0 aliphatic rings. The second-order valence-corrected chi connectivity index (χ2v) is 12.7. The van der Waals surface area contributed by atoms with Crippen LogP contribution in [0.3, 0.4) is 0 Å². The maximum absolute atomic E-state index is 6.27. The van der Waals surface area contributed by atoms with Gasteiger partial charge in [0.05, 0.1) is 47.7 Å². The number of hydrogen-bond donors (Lipinski definition) is 3. The number of aromatic nitrogens is 2. The van der Waals surface area contributed by atoms with Gasteiger partial charge in [-0.1, -0.05) is 36.0 Å². The molecule has 0 atom stereocenters. The summed E-state index contributed by atoms with van der Waals surface area (Å²) in [6.07, 6.45) is 6.80. The molecule has 2 heterocycles. The fourth-order valence-electron chi connectivity index (χ4n) is 6.08. The lowest BCUT2D eigenvalue weighted by atomic mass is 10.1. The molecule has 0 aliphatic carbocycles. The number of hydrogen-bond acceptors (Lipinski definition) is 7. The molecule has 0 spiro atoms. The number of benzene rings is 4. The van der Waals surface area contributed by atoms with Gasteiger partial charge in [-0.25, -0.2) is 9.97 Å². The number of nitrogens with one attached hydrogen (secondary N) is 3. The van der Waals surface area contributed by atoms with Gasteiger partial charge in [0.2, 0.25) is 0 Å². The lowest BCUT2D eigenvalue weighted by Gasteiger charge is -2.14. The highest BCUT2D eigenvalue weighted by molar-refractivity contribution is 6.32.